The first-order chi connectivity index (χ1) is 15.9. The number of hydrogen-bond acceptors (Lipinski definition) is 3. The molecule has 4 aliphatic carbocycles. The van der Waals surface area contributed by atoms with E-state index in [1.54, 1.807) is 7.11 Å². The number of piperidine rings is 1. The fraction of sp³-hybridized carbons (Fsp3) is 0.704. The second-order valence-electron chi connectivity index (χ2n) is 11.7. The van der Waals surface area contributed by atoms with Crippen molar-refractivity contribution in [3.8, 4) is 5.75 Å². The molecule has 0 radical (unpaired) electrons. The molecule has 3 N–H and O–H groups in total. The van der Waals surface area contributed by atoms with E-state index in [-0.39, 0.29) is 28.8 Å². The van der Waals surface area contributed by atoms with Crippen LogP contribution in [-0.2, 0) is 11.2 Å². The van der Waals surface area contributed by atoms with Gasteiger partial charge in [0.05, 0.1) is 12.5 Å². The molecule has 5 aliphatic rings. The van der Waals surface area contributed by atoms with E-state index in [1.807, 2.05) is 17.0 Å². The smallest absolute Gasteiger partial charge is 0.317 e. The van der Waals surface area contributed by atoms with Gasteiger partial charge in [-0.15, -0.1) is 0 Å². The highest BCUT2D eigenvalue weighted by molar-refractivity contribution is 5.84. The molecule has 4 saturated carbocycles. The van der Waals surface area contributed by atoms with Crippen molar-refractivity contribution in [3.63, 3.8) is 0 Å². The number of hydrogen-bond donors (Lipinski definition) is 2. The van der Waals surface area contributed by atoms with Crippen LogP contribution >= 0.6 is 0 Å². The predicted octanol–water partition coefficient (Wildman–Crippen LogP) is 3.73. The van der Waals surface area contributed by atoms with Crippen LogP contribution in [0.15, 0.2) is 24.3 Å². The Hall–Kier alpha value is -2.24. The third kappa shape index (κ3) is 3.12. The van der Waals surface area contributed by atoms with Gasteiger partial charge in [0.25, 0.3) is 0 Å². The van der Waals surface area contributed by atoms with Gasteiger partial charge in [-0.3, -0.25) is 4.79 Å². The Kier molecular flexibility index (Phi) is 4.93. The molecule has 3 amide bonds. The molecule has 1 heterocycles. The zero-order chi connectivity index (χ0) is 22.8. The molecule has 1 spiro atoms. The van der Waals surface area contributed by atoms with Gasteiger partial charge in [0.15, 0.2) is 0 Å². The second-order valence-corrected chi connectivity index (χ2v) is 11.7. The summed E-state index contributed by atoms with van der Waals surface area (Å²) in [7, 11) is 1.70. The number of ether oxygens (including phenoxy) is 1. The molecule has 6 atom stereocenters. The van der Waals surface area contributed by atoms with Crippen LogP contribution in [0, 0.1) is 34.5 Å². The quantitative estimate of drug-likeness (QED) is 0.691. The molecular weight excluding hydrogens is 414 g/mol. The van der Waals surface area contributed by atoms with E-state index in [9.17, 15) is 9.59 Å². The number of rotatable bonds is 6. The second kappa shape index (κ2) is 7.64. The van der Waals surface area contributed by atoms with E-state index < -0.39 is 0 Å². The molecule has 1 aromatic rings. The molecule has 0 aromatic heterocycles. The van der Waals surface area contributed by atoms with Crippen LogP contribution < -0.4 is 15.8 Å². The Bertz CT molecular complexity index is 936. The number of likely N-dealkylation sites (tertiary alicyclic amines) is 1. The van der Waals surface area contributed by atoms with E-state index in [2.05, 4.69) is 17.4 Å². The lowest BCUT2D eigenvalue weighted by molar-refractivity contribution is -0.157. The number of amides is 3. The number of nitrogens with two attached hydrogens (primary N) is 1. The molecule has 6 heteroatoms. The van der Waals surface area contributed by atoms with E-state index in [0.29, 0.717) is 23.7 Å². The minimum Gasteiger partial charge on any atom is -0.497 e. The van der Waals surface area contributed by atoms with Gasteiger partial charge in [-0.25, -0.2) is 4.79 Å². The number of nitrogens with one attached hydrogen (secondary N) is 1. The van der Waals surface area contributed by atoms with Crippen molar-refractivity contribution in [2.45, 2.75) is 63.8 Å². The van der Waals surface area contributed by atoms with Crippen LogP contribution in [0.25, 0.3) is 0 Å². The number of carbonyl (C=O) groups excluding carboxylic acids is 2. The highest BCUT2D eigenvalue weighted by Crippen LogP contribution is 2.81. The van der Waals surface area contributed by atoms with Gasteiger partial charge in [0, 0.05) is 19.1 Å². The average molecular weight is 452 g/mol. The fourth-order valence-corrected chi connectivity index (χ4v) is 8.80. The molecule has 33 heavy (non-hydrogen) atoms. The first-order valence-electron chi connectivity index (χ1n) is 12.9. The number of fused-ring (bicyclic) bond motifs is 2. The van der Waals surface area contributed by atoms with E-state index in [0.717, 1.165) is 63.8 Å². The summed E-state index contributed by atoms with van der Waals surface area (Å²) in [5.74, 6) is 3.12. The molecule has 3 bridgehead atoms. The minimum atomic E-state index is -0.265. The summed E-state index contributed by atoms with van der Waals surface area (Å²) in [6, 6.07) is 8.70. The standard InChI is InChI=1S/C27H37N3O3/c1-33-22-6-4-17(5-7-22)2-3-18-8-10-30(11-9-18)25(32)29-23-19-12-21-16-27(24(28)31)15-20(23)14-26(21,27)13-19/h4-7,18-21,23H,2-3,8-16H2,1H3,(H2,28,31)(H,29,32)/t19?,20?,21?,23-,26?,27-/m1/s1. The Morgan fingerprint density at radius 2 is 1.82 bits per heavy atom. The monoisotopic (exact) mass is 451 g/mol. The summed E-state index contributed by atoms with van der Waals surface area (Å²) in [6.07, 6.45) is 9.67. The van der Waals surface area contributed by atoms with Crippen LogP contribution in [0.5, 0.6) is 5.75 Å². The topological polar surface area (TPSA) is 84.7 Å². The summed E-state index contributed by atoms with van der Waals surface area (Å²) in [5, 5.41) is 3.44. The normalized spacial score (nSPS) is 38.6. The maximum absolute atomic E-state index is 13.2. The van der Waals surface area contributed by atoms with Crippen LogP contribution in [0.2, 0.25) is 0 Å². The maximum atomic E-state index is 13.2. The molecular formula is C27H37N3O3. The SMILES string of the molecule is COc1ccc(CCC2CCN(C(=O)N[C@@H]3C4CC5C[C@@]6(C(N)=O)CC3CC56C4)CC2)cc1. The van der Waals surface area contributed by atoms with Gasteiger partial charge in [-0.2, -0.15) is 0 Å². The molecule has 5 fully saturated rings. The highest BCUT2D eigenvalue weighted by atomic mass is 16.5. The zero-order valence-electron chi connectivity index (χ0n) is 19.7. The lowest BCUT2D eigenvalue weighted by Gasteiger charge is -2.57. The summed E-state index contributed by atoms with van der Waals surface area (Å²) in [6.45, 7) is 1.69. The van der Waals surface area contributed by atoms with Gasteiger partial charge < -0.3 is 20.7 Å². The van der Waals surface area contributed by atoms with Gasteiger partial charge in [-0.05, 0) is 105 Å². The number of urea groups is 1. The summed E-state index contributed by atoms with van der Waals surface area (Å²) in [4.78, 5) is 27.6. The molecule has 1 aliphatic heterocycles. The van der Waals surface area contributed by atoms with Crippen LogP contribution in [0.4, 0.5) is 4.79 Å². The number of methoxy groups -OCH3 is 1. The van der Waals surface area contributed by atoms with Gasteiger partial charge >= 0.3 is 6.03 Å². The highest BCUT2D eigenvalue weighted by Gasteiger charge is 2.78. The third-order valence-electron chi connectivity index (χ3n) is 10.5. The predicted molar refractivity (Wildman–Crippen MR) is 126 cm³/mol. The van der Waals surface area contributed by atoms with E-state index >= 15 is 0 Å². The Balaban J connectivity index is 1.01. The summed E-state index contributed by atoms with van der Waals surface area (Å²) < 4.78 is 5.24. The minimum absolute atomic E-state index is 0.0782. The maximum Gasteiger partial charge on any atom is 0.317 e. The van der Waals surface area contributed by atoms with Crippen molar-refractivity contribution >= 4 is 11.9 Å². The first-order valence-corrected chi connectivity index (χ1v) is 12.9. The lowest BCUT2D eigenvalue weighted by Crippen LogP contribution is -2.58. The number of aryl methyl sites for hydroxylation is 1. The van der Waals surface area contributed by atoms with Gasteiger partial charge in [-0.1, -0.05) is 12.1 Å². The zero-order valence-corrected chi connectivity index (χ0v) is 19.7. The molecule has 1 saturated heterocycles. The van der Waals surface area contributed by atoms with Crippen molar-refractivity contribution in [2.75, 3.05) is 20.2 Å². The number of nitrogens with zero attached hydrogens (tertiary/aromatic N) is 1. The largest absolute Gasteiger partial charge is 0.497 e. The van der Waals surface area contributed by atoms with Crippen molar-refractivity contribution in [1.29, 1.82) is 0 Å². The van der Waals surface area contributed by atoms with Crippen molar-refractivity contribution < 1.29 is 14.3 Å². The van der Waals surface area contributed by atoms with Crippen LogP contribution in [0.3, 0.4) is 0 Å². The average Bonchev–Trinajstić information content (AvgIpc) is 3.20. The van der Waals surface area contributed by atoms with Gasteiger partial charge in [0.1, 0.15) is 5.75 Å². The first kappa shape index (κ1) is 21.3. The number of benzene rings is 1. The molecule has 4 unspecified atom stereocenters. The Morgan fingerprint density at radius 3 is 2.52 bits per heavy atom. The summed E-state index contributed by atoms with van der Waals surface area (Å²) in [5.41, 5.74) is 7.18. The van der Waals surface area contributed by atoms with Crippen molar-refractivity contribution in [1.82, 2.24) is 10.2 Å². The Morgan fingerprint density at radius 1 is 1.09 bits per heavy atom. The van der Waals surface area contributed by atoms with Crippen LogP contribution in [0.1, 0.15) is 56.9 Å². The van der Waals surface area contributed by atoms with Crippen molar-refractivity contribution in [2.24, 2.45) is 40.2 Å². The lowest BCUT2D eigenvalue weighted by atomic mass is 9.46. The fourth-order valence-electron chi connectivity index (χ4n) is 8.80. The van der Waals surface area contributed by atoms with Gasteiger partial charge in [0.2, 0.25) is 5.91 Å². The number of carbonyl (C=O) groups is 2. The molecule has 1 aromatic carbocycles. The molecule has 6 rings (SSSR count). The van der Waals surface area contributed by atoms with Crippen molar-refractivity contribution in [3.05, 3.63) is 29.8 Å². The molecule has 178 valence electrons. The third-order valence-corrected chi connectivity index (χ3v) is 10.5. The van der Waals surface area contributed by atoms with E-state index in [1.165, 1.54) is 18.4 Å². The van der Waals surface area contributed by atoms with E-state index in [4.69, 9.17) is 10.5 Å². The number of primary amides is 1. The van der Waals surface area contributed by atoms with Crippen LogP contribution in [-0.4, -0.2) is 43.1 Å². The summed E-state index contributed by atoms with van der Waals surface area (Å²) >= 11 is 0. The molecule has 6 nitrogen and oxygen atoms in total. The Labute approximate surface area is 196 Å².